The maximum Gasteiger partial charge on any atom is 0.124 e. The second kappa shape index (κ2) is 7.41. The van der Waals surface area contributed by atoms with Crippen LogP contribution in [0.3, 0.4) is 0 Å². The predicted molar refractivity (Wildman–Crippen MR) is 139 cm³/mol. The normalized spacial score (nSPS) is 11.5. The second-order valence-corrected chi connectivity index (χ2v) is 11.1. The van der Waals surface area contributed by atoms with E-state index in [1.54, 1.807) is 11.3 Å². The number of benzene rings is 3. The van der Waals surface area contributed by atoms with Crippen LogP contribution in [-0.2, 0) is 0 Å². The van der Waals surface area contributed by atoms with Crippen LogP contribution >= 0.6 is 34.0 Å². The van der Waals surface area contributed by atoms with E-state index in [0.29, 0.717) is 0 Å². The molecule has 1 nitrogen and oxygen atoms in total. The third-order valence-corrected chi connectivity index (χ3v) is 8.93. The average Bonchev–Trinajstić information content (AvgIpc) is 3.46. The molecule has 4 heteroatoms. The third kappa shape index (κ3) is 3.06. The van der Waals surface area contributed by atoms with Gasteiger partial charge in [0.25, 0.3) is 0 Å². The Morgan fingerprint density at radius 3 is 1.94 bits per heavy atom. The van der Waals surface area contributed by atoms with Crippen LogP contribution in [0, 0.1) is 13.8 Å². The molecule has 31 heavy (non-hydrogen) atoms. The maximum atomic E-state index is 5.16. The number of rotatable bonds is 3. The molecule has 0 aliphatic rings. The first-order valence-electron chi connectivity index (χ1n) is 10.2. The Kier molecular flexibility index (Phi) is 4.53. The lowest BCUT2D eigenvalue weighted by Crippen LogP contribution is -1.84. The molecule has 0 saturated heterocycles. The topological polar surface area (TPSA) is 12.9 Å². The van der Waals surface area contributed by atoms with Crippen molar-refractivity contribution in [1.82, 2.24) is 4.98 Å². The van der Waals surface area contributed by atoms with E-state index in [9.17, 15) is 0 Å². The molecule has 6 aromatic rings. The number of nitrogens with zero attached hydrogens (tertiary/aromatic N) is 1. The molecule has 0 saturated carbocycles. The molecule has 0 spiro atoms. The predicted octanol–water partition coefficient (Wildman–Crippen LogP) is 9.19. The second-order valence-electron chi connectivity index (χ2n) is 7.62. The summed E-state index contributed by atoms with van der Waals surface area (Å²) in [6, 6.07) is 28.0. The van der Waals surface area contributed by atoms with Crippen LogP contribution < -0.4 is 0 Å². The number of thiophene rings is 2. The van der Waals surface area contributed by atoms with E-state index in [1.807, 2.05) is 22.7 Å². The van der Waals surface area contributed by atoms with Gasteiger partial charge in [0.15, 0.2) is 0 Å². The van der Waals surface area contributed by atoms with Crippen LogP contribution in [0.4, 0.5) is 0 Å². The van der Waals surface area contributed by atoms with Crippen molar-refractivity contribution < 1.29 is 0 Å². The highest BCUT2D eigenvalue weighted by Gasteiger charge is 2.23. The molecular formula is C27H19NS3. The van der Waals surface area contributed by atoms with Crippen LogP contribution in [0.1, 0.15) is 9.75 Å². The highest BCUT2D eigenvalue weighted by Crippen LogP contribution is 2.50. The van der Waals surface area contributed by atoms with E-state index in [2.05, 4.69) is 92.7 Å². The van der Waals surface area contributed by atoms with Gasteiger partial charge in [-0.3, -0.25) is 0 Å². The Labute approximate surface area is 193 Å². The molecule has 3 aromatic heterocycles. The average molecular weight is 454 g/mol. The Bertz CT molecular complexity index is 1550. The van der Waals surface area contributed by atoms with Crippen LogP contribution in [0.25, 0.3) is 52.4 Å². The highest BCUT2D eigenvalue weighted by molar-refractivity contribution is 7.24. The van der Waals surface area contributed by atoms with Crippen LogP contribution in [-0.4, -0.2) is 4.98 Å². The summed E-state index contributed by atoms with van der Waals surface area (Å²) in [7, 11) is 0. The number of aryl methyl sites for hydroxylation is 2. The SMILES string of the molecule is Cc1sc(-c2ccccc2)nc1-c1sc2ccccc2c1-c1c(C)sc2ccccc12. The minimum absolute atomic E-state index is 1.09. The molecule has 0 bridgehead atoms. The summed E-state index contributed by atoms with van der Waals surface area (Å²) in [6.07, 6.45) is 0. The van der Waals surface area contributed by atoms with E-state index < -0.39 is 0 Å². The lowest BCUT2D eigenvalue weighted by atomic mass is 9.98. The largest absolute Gasteiger partial charge is 0.235 e. The Morgan fingerprint density at radius 1 is 0.581 bits per heavy atom. The molecule has 0 unspecified atom stereocenters. The minimum atomic E-state index is 1.09. The summed E-state index contributed by atoms with van der Waals surface area (Å²) < 4.78 is 2.66. The van der Waals surface area contributed by atoms with Gasteiger partial charge in [-0.2, -0.15) is 0 Å². The molecule has 0 aliphatic heterocycles. The molecule has 0 aliphatic carbocycles. The van der Waals surface area contributed by atoms with Gasteiger partial charge in [-0.05, 0) is 26.0 Å². The van der Waals surface area contributed by atoms with Crippen molar-refractivity contribution in [2.75, 3.05) is 0 Å². The zero-order valence-corrected chi connectivity index (χ0v) is 19.6. The first-order chi connectivity index (χ1) is 15.2. The van der Waals surface area contributed by atoms with Crippen molar-refractivity contribution in [2.45, 2.75) is 13.8 Å². The molecular weight excluding hydrogens is 435 g/mol. The smallest absolute Gasteiger partial charge is 0.124 e. The van der Waals surface area contributed by atoms with E-state index in [1.165, 1.54) is 51.5 Å². The van der Waals surface area contributed by atoms with Gasteiger partial charge in [0.1, 0.15) is 5.01 Å². The Morgan fingerprint density at radius 2 is 1.19 bits per heavy atom. The summed E-state index contributed by atoms with van der Waals surface area (Å²) in [6.45, 7) is 4.45. The monoisotopic (exact) mass is 453 g/mol. The van der Waals surface area contributed by atoms with Crippen molar-refractivity contribution in [2.24, 2.45) is 0 Å². The van der Waals surface area contributed by atoms with Crippen LogP contribution in [0.5, 0.6) is 0 Å². The molecule has 3 aromatic carbocycles. The van der Waals surface area contributed by atoms with Crippen molar-refractivity contribution in [3.63, 3.8) is 0 Å². The molecule has 150 valence electrons. The first-order valence-corrected chi connectivity index (χ1v) is 12.7. The highest BCUT2D eigenvalue weighted by atomic mass is 32.1. The molecule has 0 amide bonds. The van der Waals surface area contributed by atoms with Gasteiger partial charge >= 0.3 is 0 Å². The fourth-order valence-electron chi connectivity index (χ4n) is 4.25. The van der Waals surface area contributed by atoms with Gasteiger partial charge in [-0.15, -0.1) is 34.0 Å². The molecule has 0 radical (unpaired) electrons. The lowest BCUT2D eigenvalue weighted by molar-refractivity contribution is 1.39. The number of hydrogen-bond acceptors (Lipinski definition) is 4. The first kappa shape index (κ1) is 18.9. The molecule has 0 atom stereocenters. The summed E-state index contributed by atoms with van der Waals surface area (Å²) in [5.41, 5.74) is 5.00. The van der Waals surface area contributed by atoms with Gasteiger partial charge in [-0.25, -0.2) is 4.98 Å². The van der Waals surface area contributed by atoms with Gasteiger partial charge in [0, 0.05) is 46.6 Å². The molecule has 0 fully saturated rings. The number of fused-ring (bicyclic) bond motifs is 2. The fraction of sp³-hybridized carbons (Fsp3) is 0.0741. The van der Waals surface area contributed by atoms with Crippen LogP contribution in [0.15, 0.2) is 78.9 Å². The Hall–Kier alpha value is -2.79. The minimum Gasteiger partial charge on any atom is -0.235 e. The quantitative estimate of drug-likeness (QED) is 0.260. The van der Waals surface area contributed by atoms with E-state index in [0.717, 1.165) is 10.7 Å². The van der Waals surface area contributed by atoms with Crippen molar-refractivity contribution in [1.29, 1.82) is 0 Å². The summed E-state index contributed by atoms with van der Waals surface area (Å²) in [4.78, 5) is 9.07. The van der Waals surface area contributed by atoms with Gasteiger partial charge in [-0.1, -0.05) is 66.7 Å². The zero-order valence-electron chi connectivity index (χ0n) is 17.2. The standard InChI is InChI=1S/C27H19NS3/c1-16-23(19-12-6-8-14-21(19)29-16)24-20-13-7-9-15-22(20)31-26(24)25-17(2)30-27(28-25)18-10-4-3-5-11-18/h3-15H,1-2H3. The lowest BCUT2D eigenvalue weighted by Gasteiger charge is -2.06. The Balaban J connectivity index is 1.66. The van der Waals surface area contributed by atoms with E-state index in [4.69, 9.17) is 4.98 Å². The fourth-order valence-corrected chi connectivity index (χ4v) is 7.57. The van der Waals surface area contributed by atoms with Crippen molar-refractivity contribution in [3.8, 4) is 32.3 Å². The van der Waals surface area contributed by atoms with Gasteiger partial charge in [0.05, 0.1) is 10.6 Å². The zero-order chi connectivity index (χ0) is 20.9. The van der Waals surface area contributed by atoms with E-state index in [-0.39, 0.29) is 0 Å². The maximum absolute atomic E-state index is 5.16. The summed E-state index contributed by atoms with van der Waals surface area (Å²) in [5, 5.41) is 3.75. The van der Waals surface area contributed by atoms with Crippen molar-refractivity contribution in [3.05, 3.63) is 88.6 Å². The number of aromatic nitrogens is 1. The molecule has 0 N–H and O–H groups in total. The number of hydrogen-bond donors (Lipinski definition) is 0. The van der Waals surface area contributed by atoms with Crippen molar-refractivity contribution >= 4 is 54.2 Å². The third-order valence-electron chi connectivity index (χ3n) is 5.65. The van der Waals surface area contributed by atoms with Crippen LogP contribution in [0.2, 0.25) is 0 Å². The summed E-state index contributed by atoms with van der Waals surface area (Å²) in [5.74, 6) is 0. The van der Waals surface area contributed by atoms with Gasteiger partial charge < -0.3 is 0 Å². The summed E-state index contributed by atoms with van der Waals surface area (Å²) >= 11 is 5.53. The molecule has 6 rings (SSSR count). The van der Waals surface area contributed by atoms with E-state index >= 15 is 0 Å². The molecule has 3 heterocycles. The van der Waals surface area contributed by atoms with Gasteiger partial charge in [0.2, 0.25) is 0 Å². The number of thiazole rings is 1.